The first-order valence-corrected chi connectivity index (χ1v) is 5.53. The molecule has 0 bridgehead atoms. The Balaban J connectivity index is 2.45. The number of hydrogen-bond donors (Lipinski definition) is 0. The summed E-state index contributed by atoms with van der Waals surface area (Å²) in [6, 6.07) is 6.74. The molecule has 1 aromatic carbocycles. The summed E-state index contributed by atoms with van der Waals surface area (Å²) in [7, 11) is 0. The van der Waals surface area contributed by atoms with Crippen LogP contribution in [0.4, 0.5) is 4.39 Å². The number of rotatable bonds is 1. The zero-order valence-electron chi connectivity index (χ0n) is 9.33. The van der Waals surface area contributed by atoms with E-state index in [1.54, 1.807) is 12.1 Å². The van der Waals surface area contributed by atoms with Crippen LogP contribution >= 0.6 is 0 Å². The van der Waals surface area contributed by atoms with Gasteiger partial charge in [0.05, 0.1) is 5.56 Å². The van der Waals surface area contributed by atoms with Crippen LogP contribution in [0.15, 0.2) is 30.4 Å². The zero-order chi connectivity index (χ0) is 11.6. The first-order valence-electron chi connectivity index (χ1n) is 5.53. The predicted molar refractivity (Wildman–Crippen MR) is 61.5 cm³/mol. The molecule has 0 aliphatic heterocycles. The van der Waals surface area contributed by atoms with Crippen molar-refractivity contribution in [3.05, 3.63) is 47.3 Å². The molecular formula is C14H14FN. The minimum atomic E-state index is -0.436. The van der Waals surface area contributed by atoms with Gasteiger partial charge in [-0.2, -0.15) is 5.26 Å². The Morgan fingerprint density at radius 3 is 2.88 bits per heavy atom. The van der Waals surface area contributed by atoms with E-state index in [9.17, 15) is 4.39 Å². The largest absolute Gasteiger partial charge is 0.206 e. The Hall–Kier alpha value is -1.62. The highest BCUT2D eigenvalue weighted by atomic mass is 19.1. The van der Waals surface area contributed by atoms with Gasteiger partial charge in [-0.25, -0.2) is 4.39 Å². The van der Waals surface area contributed by atoms with Crippen LogP contribution in [-0.2, 0) is 5.41 Å². The van der Waals surface area contributed by atoms with Gasteiger partial charge < -0.3 is 0 Å². The number of nitriles is 1. The van der Waals surface area contributed by atoms with E-state index in [1.165, 1.54) is 6.07 Å². The molecule has 1 atom stereocenters. The van der Waals surface area contributed by atoms with Crippen LogP contribution in [0.5, 0.6) is 0 Å². The second kappa shape index (κ2) is 4.09. The van der Waals surface area contributed by atoms with Gasteiger partial charge in [0, 0.05) is 5.41 Å². The molecule has 0 aromatic heterocycles. The third-order valence-corrected chi connectivity index (χ3v) is 3.30. The number of hydrogen-bond acceptors (Lipinski definition) is 1. The molecule has 0 saturated heterocycles. The lowest BCUT2D eigenvalue weighted by atomic mass is 9.75. The van der Waals surface area contributed by atoms with E-state index >= 15 is 0 Å². The van der Waals surface area contributed by atoms with Gasteiger partial charge in [0.15, 0.2) is 0 Å². The van der Waals surface area contributed by atoms with Gasteiger partial charge >= 0.3 is 0 Å². The molecule has 1 nitrogen and oxygen atoms in total. The monoisotopic (exact) mass is 215 g/mol. The topological polar surface area (TPSA) is 23.8 Å². The standard InChI is InChI=1S/C14H14FN/c1-14(7-3-2-4-8-14)12-5-6-13(15)11(9-12)10-16/h3,5-7,9H,2,4,8H2,1H3/t14-/m0/s1. The second-order valence-electron chi connectivity index (χ2n) is 4.52. The molecule has 0 N–H and O–H groups in total. The van der Waals surface area contributed by atoms with Crippen molar-refractivity contribution in [1.82, 2.24) is 0 Å². The Morgan fingerprint density at radius 1 is 1.44 bits per heavy atom. The van der Waals surface area contributed by atoms with Crippen LogP contribution in [0.25, 0.3) is 0 Å². The maximum Gasteiger partial charge on any atom is 0.140 e. The van der Waals surface area contributed by atoms with Gasteiger partial charge in [0.2, 0.25) is 0 Å². The molecule has 1 aliphatic carbocycles. The van der Waals surface area contributed by atoms with E-state index in [0.29, 0.717) is 0 Å². The average Bonchev–Trinajstić information content (AvgIpc) is 2.30. The third kappa shape index (κ3) is 1.86. The van der Waals surface area contributed by atoms with E-state index < -0.39 is 5.82 Å². The molecule has 0 saturated carbocycles. The van der Waals surface area contributed by atoms with Crippen molar-refractivity contribution in [2.45, 2.75) is 31.6 Å². The Bertz CT molecular complexity index is 470. The van der Waals surface area contributed by atoms with Crippen LogP contribution in [0, 0.1) is 17.1 Å². The molecule has 1 aromatic rings. The highest BCUT2D eigenvalue weighted by Gasteiger charge is 2.25. The fraction of sp³-hybridized carbons (Fsp3) is 0.357. The van der Waals surface area contributed by atoms with E-state index in [1.807, 2.05) is 6.07 Å². The molecule has 0 fully saturated rings. The van der Waals surface area contributed by atoms with Gasteiger partial charge in [-0.3, -0.25) is 0 Å². The minimum Gasteiger partial charge on any atom is -0.206 e. The van der Waals surface area contributed by atoms with Crippen LogP contribution in [0.1, 0.15) is 37.3 Å². The molecule has 0 amide bonds. The second-order valence-corrected chi connectivity index (χ2v) is 4.52. The number of benzene rings is 1. The van der Waals surface area contributed by atoms with Gasteiger partial charge in [-0.1, -0.05) is 25.1 Å². The first kappa shape index (κ1) is 10.9. The molecule has 2 heteroatoms. The third-order valence-electron chi connectivity index (χ3n) is 3.30. The van der Waals surface area contributed by atoms with Gasteiger partial charge in [0.25, 0.3) is 0 Å². The fourth-order valence-electron chi connectivity index (χ4n) is 2.22. The SMILES string of the molecule is C[C@]1(c2ccc(F)c(C#N)c2)C=CCCC1. The van der Waals surface area contributed by atoms with Gasteiger partial charge in [0.1, 0.15) is 11.9 Å². The maximum atomic E-state index is 13.2. The predicted octanol–water partition coefficient (Wildman–Crippen LogP) is 3.70. The Kier molecular flexibility index (Phi) is 2.78. The lowest BCUT2D eigenvalue weighted by molar-refractivity contribution is 0.494. The highest BCUT2D eigenvalue weighted by Crippen LogP contribution is 2.35. The van der Waals surface area contributed by atoms with Crippen molar-refractivity contribution in [3.8, 4) is 6.07 Å². The summed E-state index contributed by atoms with van der Waals surface area (Å²) in [5, 5.41) is 8.82. The highest BCUT2D eigenvalue weighted by molar-refractivity contribution is 5.40. The summed E-state index contributed by atoms with van der Waals surface area (Å²) in [5.41, 5.74) is 1.12. The van der Waals surface area contributed by atoms with Crippen molar-refractivity contribution in [2.24, 2.45) is 0 Å². The van der Waals surface area contributed by atoms with Gasteiger partial charge in [-0.05, 0) is 37.0 Å². The maximum absolute atomic E-state index is 13.2. The van der Waals surface area contributed by atoms with Crippen molar-refractivity contribution < 1.29 is 4.39 Å². The Labute approximate surface area is 95.2 Å². The summed E-state index contributed by atoms with van der Waals surface area (Å²) >= 11 is 0. The van der Waals surface area contributed by atoms with Crippen molar-refractivity contribution in [3.63, 3.8) is 0 Å². The summed E-state index contributed by atoms with van der Waals surface area (Å²) in [5.74, 6) is -0.436. The molecule has 16 heavy (non-hydrogen) atoms. The van der Waals surface area contributed by atoms with E-state index in [0.717, 1.165) is 24.8 Å². The molecule has 1 aliphatic rings. The molecule has 0 radical (unpaired) electrons. The van der Waals surface area contributed by atoms with E-state index in [-0.39, 0.29) is 11.0 Å². The molecular weight excluding hydrogens is 201 g/mol. The van der Waals surface area contributed by atoms with Crippen molar-refractivity contribution in [1.29, 1.82) is 5.26 Å². The Morgan fingerprint density at radius 2 is 2.25 bits per heavy atom. The first-order chi connectivity index (χ1) is 7.65. The van der Waals surface area contributed by atoms with Gasteiger partial charge in [-0.15, -0.1) is 0 Å². The normalized spacial score (nSPS) is 24.1. The van der Waals surface area contributed by atoms with Crippen LogP contribution in [0.3, 0.4) is 0 Å². The summed E-state index contributed by atoms with van der Waals surface area (Å²) in [6.45, 7) is 2.14. The van der Waals surface area contributed by atoms with Crippen LogP contribution < -0.4 is 0 Å². The summed E-state index contributed by atoms with van der Waals surface area (Å²) in [4.78, 5) is 0. The molecule has 0 spiro atoms. The van der Waals surface area contributed by atoms with Crippen LogP contribution in [0.2, 0.25) is 0 Å². The molecule has 0 unspecified atom stereocenters. The number of halogens is 1. The lowest BCUT2D eigenvalue weighted by Gasteiger charge is -2.29. The molecule has 82 valence electrons. The zero-order valence-corrected chi connectivity index (χ0v) is 9.33. The lowest BCUT2D eigenvalue weighted by Crippen LogP contribution is -2.21. The number of allylic oxidation sites excluding steroid dienone is 2. The summed E-state index contributed by atoms with van der Waals surface area (Å²) in [6.07, 6.45) is 7.65. The van der Waals surface area contributed by atoms with E-state index in [2.05, 4.69) is 19.1 Å². The molecule has 0 heterocycles. The number of nitrogens with zero attached hydrogens (tertiary/aromatic N) is 1. The smallest absolute Gasteiger partial charge is 0.140 e. The van der Waals surface area contributed by atoms with E-state index in [4.69, 9.17) is 5.26 Å². The summed E-state index contributed by atoms with van der Waals surface area (Å²) < 4.78 is 13.2. The molecule has 2 rings (SSSR count). The quantitative estimate of drug-likeness (QED) is 0.655. The fourth-order valence-corrected chi connectivity index (χ4v) is 2.22. The van der Waals surface area contributed by atoms with Crippen molar-refractivity contribution in [2.75, 3.05) is 0 Å². The van der Waals surface area contributed by atoms with Crippen LogP contribution in [-0.4, -0.2) is 0 Å². The average molecular weight is 215 g/mol. The minimum absolute atomic E-state index is 0.0441. The van der Waals surface area contributed by atoms with Crippen molar-refractivity contribution >= 4 is 0 Å².